The lowest BCUT2D eigenvalue weighted by Gasteiger charge is -2.14. The van der Waals surface area contributed by atoms with E-state index in [1.807, 2.05) is 45.0 Å². The van der Waals surface area contributed by atoms with Crippen molar-refractivity contribution in [2.45, 2.75) is 31.7 Å². The lowest BCUT2D eigenvalue weighted by molar-refractivity contribution is -0.115. The number of hydrogen-bond donors (Lipinski definition) is 3. The first-order valence-corrected chi connectivity index (χ1v) is 10.1. The summed E-state index contributed by atoms with van der Waals surface area (Å²) >= 11 is 1.45. The minimum absolute atomic E-state index is 0.102. The fourth-order valence-corrected chi connectivity index (χ4v) is 3.88. The van der Waals surface area contributed by atoms with E-state index < -0.39 is 0 Å². The van der Waals surface area contributed by atoms with Crippen LogP contribution in [0.1, 0.15) is 32.6 Å². The maximum atomic E-state index is 12.6. The summed E-state index contributed by atoms with van der Waals surface area (Å²) in [6.07, 6.45) is 1.44. The summed E-state index contributed by atoms with van der Waals surface area (Å²) in [7, 11) is 0. The highest BCUT2D eigenvalue weighted by Gasteiger charge is 2.14. The average Bonchev–Trinajstić information content (AvgIpc) is 3.21. The van der Waals surface area contributed by atoms with E-state index in [0.29, 0.717) is 16.5 Å². The van der Waals surface area contributed by atoms with Gasteiger partial charge in [0, 0.05) is 17.0 Å². The number of amides is 2. The zero-order valence-corrected chi connectivity index (χ0v) is 17.4. The molecule has 0 aliphatic heterocycles. The summed E-state index contributed by atoms with van der Waals surface area (Å²) in [5, 5.41) is 12.9. The number of carbonyl (C=O) groups is 2. The Bertz CT molecular complexity index is 995. The Balaban J connectivity index is 1.60. The molecule has 0 spiro atoms. The molecule has 1 heterocycles. The van der Waals surface area contributed by atoms with Crippen LogP contribution in [0.3, 0.4) is 0 Å². The Morgan fingerprint density at radius 1 is 1.10 bits per heavy atom. The molecule has 3 N–H and O–H groups in total. The van der Waals surface area contributed by atoms with Crippen LogP contribution in [-0.2, 0) is 10.5 Å². The number of thioether (sulfide) groups is 1. The molecule has 2 aromatic carbocycles. The van der Waals surface area contributed by atoms with Gasteiger partial charge in [-0.2, -0.15) is 5.10 Å². The van der Waals surface area contributed by atoms with Crippen molar-refractivity contribution < 1.29 is 9.59 Å². The molecule has 3 aromatic rings. The lowest BCUT2D eigenvalue weighted by atomic mass is 10.1. The molecule has 0 bridgehead atoms. The molecular weight excluding hydrogens is 386 g/mol. The molecule has 0 radical (unpaired) electrons. The molecule has 0 atom stereocenters. The van der Waals surface area contributed by atoms with Crippen molar-refractivity contribution in [1.82, 2.24) is 20.5 Å². The maximum Gasteiger partial charge on any atom is 0.252 e. The van der Waals surface area contributed by atoms with Crippen LogP contribution in [0.5, 0.6) is 0 Å². The summed E-state index contributed by atoms with van der Waals surface area (Å²) < 4.78 is 0. The number of rotatable bonds is 7. The normalized spacial score (nSPS) is 10.6. The Morgan fingerprint density at radius 3 is 2.52 bits per heavy atom. The van der Waals surface area contributed by atoms with Crippen LogP contribution in [0.4, 0.5) is 5.69 Å². The second-order valence-corrected chi connectivity index (χ2v) is 7.71. The predicted molar refractivity (Wildman–Crippen MR) is 114 cm³/mol. The fourth-order valence-electron chi connectivity index (χ4n) is 3.09. The van der Waals surface area contributed by atoms with E-state index in [1.165, 1.54) is 18.1 Å². The van der Waals surface area contributed by atoms with Gasteiger partial charge in [-0.25, -0.2) is 4.98 Å². The zero-order chi connectivity index (χ0) is 20.8. The number of carbonyl (C=O) groups excluding carboxylic acids is 2. The van der Waals surface area contributed by atoms with Crippen LogP contribution >= 0.6 is 11.8 Å². The number of anilines is 1. The van der Waals surface area contributed by atoms with Gasteiger partial charge in [-0.05, 0) is 43.5 Å². The van der Waals surface area contributed by atoms with Gasteiger partial charge in [-0.1, -0.05) is 47.7 Å². The predicted octanol–water partition coefficient (Wildman–Crippen LogP) is 3.39. The molecule has 7 nitrogen and oxygen atoms in total. The van der Waals surface area contributed by atoms with E-state index in [-0.39, 0.29) is 18.4 Å². The second kappa shape index (κ2) is 9.38. The highest BCUT2D eigenvalue weighted by Crippen LogP contribution is 2.22. The first-order valence-electron chi connectivity index (χ1n) is 9.16. The summed E-state index contributed by atoms with van der Waals surface area (Å²) in [6, 6.07) is 11.3. The Labute approximate surface area is 173 Å². The molecule has 150 valence electrons. The third-order valence-electron chi connectivity index (χ3n) is 4.37. The number of hydrogen-bond acceptors (Lipinski definition) is 5. The minimum atomic E-state index is -0.286. The van der Waals surface area contributed by atoms with Crippen LogP contribution < -0.4 is 10.6 Å². The van der Waals surface area contributed by atoms with Gasteiger partial charge in [0.25, 0.3) is 5.91 Å². The Kier molecular flexibility index (Phi) is 6.66. The Hall–Kier alpha value is -3.13. The maximum absolute atomic E-state index is 12.6. The second-order valence-electron chi connectivity index (χ2n) is 6.74. The van der Waals surface area contributed by atoms with Gasteiger partial charge in [0.15, 0.2) is 5.16 Å². The van der Waals surface area contributed by atoms with Crippen molar-refractivity contribution in [3.63, 3.8) is 0 Å². The fraction of sp³-hybridized carbons (Fsp3) is 0.238. The number of benzene rings is 2. The Morgan fingerprint density at radius 2 is 1.83 bits per heavy atom. The molecule has 3 rings (SSSR count). The van der Waals surface area contributed by atoms with Crippen molar-refractivity contribution in [2.24, 2.45) is 0 Å². The highest BCUT2D eigenvalue weighted by atomic mass is 32.2. The van der Waals surface area contributed by atoms with Crippen molar-refractivity contribution in [3.05, 3.63) is 70.5 Å². The molecule has 0 aliphatic rings. The summed E-state index contributed by atoms with van der Waals surface area (Å²) in [6.45, 7) is 5.83. The molecule has 1 aromatic heterocycles. The molecule has 0 saturated heterocycles. The van der Waals surface area contributed by atoms with Crippen LogP contribution in [-0.4, -0.2) is 33.5 Å². The van der Waals surface area contributed by atoms with E-state index in [0.717, 1.165) is 27.9 Å². The van der Waals surface area contributed by atoms with Crippen LogP contribution in [0, 0.1) is 20.8 Å². The van der Waals surface area contributed by atoms with Crippen molar-refractivity contribution in [2.75, 3.05) is 11.9 Å². The standard InChI is InChI=1S/C21H23N5O2S/c1-13-8-14(2)19(15(3)9-13)25-18(27)10-22-20(28)17-7-5-4-6-16(17)11-29-21-23-12-24-26-21/h4-9,12H,10-11H2,1-3H3,(H,22,28)(H,25,27)(H,23,24,26). The quantitative estimate of drug-likeness (QED) is 0.520. The van der Waals surface area contributed by atoms with E-state index in [9.17, 15) is 9.59 Å². The van der Waals surface area contributed by atoms with Gasteiger partial charge in [-0.15, -0.1) is 0 Å². The monoisotopic (exact) mass is 409 g/mol. The van der Waals surface area contributed by atoms with Gasteiger partial charge in [-0.3, -0.25) is 14.7 Å². The van der Waals surface area contributed by atoms with Gasteiger partial charge >= 0.3 is 0 Å². The zero-order valence-electron chi connectivity index (χ0n) is 16.6. The van der Waals surface area contributed by atoms with Gasteiger partial charge in [0.2, 0.25) is 5.91 Å². The molecular formula is C21H23N5O2S. The number of nitrogens with one attached hydrogen (secondary N) is 3. The summed E-state index contributed by atoms with van der Waals surface area (Å²) in [5.74, 6) is 0.0143. The summed E-state index contributed by atoms with van der Waals surface area (Å²) in [5.41, 5.74) is 5.32. The highest BCUT2D eigenvalue weighted by molar-refractivity contribution is 7.98. The van der Waals surface area contributed by atoms with Crippen LogP contribution in [0.25, 0.3) is 0 Å². The smallest absolute Gasteiger partial charge is 0.252 e. The lowest BCUT2D eigenvalue weighted by Crippen LogP contribution is -2.33. The van der Waals surface area contributed by atoms with Gasteiger partial charge in [0.1, 0.15) is 6.33 Å². The van der Waals surface area contributed by atoms with Crippen molar-refractivity contribution in [3.8, 4) is 0 Å². The number of aromatic amines is 1. The molecule has 0 saturated carbocycles. The molecule has 2 amide bonds. The number of H-pyrrole nitrogens is 1. The topological polar surface area (TPSA) is 99.8 Å². The molecule has 0 unspecified atom stereocenters. The average molecular weight is 410 g/mol. The summed E-state index contributed by atoms with van der Waals surface area (Å²) in [4.78, 5) is 29.0. The van der Waals surface area contributed by atoms with Crippen molar-refractivity contribution >= 4 is 29.3 Å². The van der Waals surface area contributed by atoms with Crippen LogP contribution in [0.15, 0.2) is 47.9 Å². The first-order chi connectivity index (χ1) is 13.9. The largest absolute Gasteiger partial charge is 0.343 e. The molecule has 0 aliphatic carbocycles. The van der Waals surface area contributed by atoms with Gasteiger partial charge < -0.3 is 10.6 Å². The third-order valence-corrected chi connectivity index (χ3v) is 5.30. The van der Waals surface area contributed by atoms with E-state index in [2.05, 4.69) is 25.8 Å². The van der Waals surface area contributed by atoms with Gasteiger partial charge in [0.05, 0.1) is 6.54 Å². The number of nitrogens with zero attached hydrogens (tertiary/aromatic N) is 2. The van der Waals surface area contributed by atoms with E-state index >= 15 is 0 Å². The number of aromatic nitrogens is 3. The number of aryl methyl sites for hydroxylation is 3. The first kappa shape index (κ1) is 20.6. The van der Waals surface area contributed by atoms with Crippen LogP contribution in [0.2, 0.25) is 0 Å². The van der Waals surface area contributed by atoms with E-state index in [1.54, 1.807) is 12.1 Å². The SMILES string of the molecule is Cc1cc(C)c(NC(=O)CNC(=O)c2ccccc2CSc2ncn[nH]2)c(C)c1. The molecule has 0 fully saturated rings. The molecule has 8 heteroatoms. The van der Waals surface area contributed by atoms with Crippen molar-refractivity contribution in [1.29, 1.82) is 0 Å². The molecule has 29 heavy (non-hydrogen) atoms. The minimum Gasteiger partial charge on any atom is -0.343 e. The van der Waals surface area contributed by atoms with E-state index in [4.69, 9.17) is 0 Å². The third kappa shape index (κ3) is 5.45.